The summed E-state index contributed by atoms with van der Waals surface area (Å²) in [4.78, 5) is 30.3. The predicted molar refractivity (Wildman–Crippen MR) is 129 cm³/mol. The van der Waals surface area contributed by atoms with Gasteiger partial charge in [-0.05, 0) is 44.0 Å². The highest BCUT2D eigenvalue weighted by Gasteiger charge is 2.31. The minimum absolute atomic E-state index is 0.106. The topological polar surface area (TPSA) is 78.0 Å². The summed E-state index contributed by atoms with van der Waals surface area (Å²) in [6.07, 6.45) is 2.11. The number of hydrogen-bond acceptors (Lipinski definition) is 5. The second kappa shape index (κ2) is 10.3. The number of likely N-dealkylation sites (tertiary alicyclic amines) is 1. The van der Waals surface area contributed by atoms with Crippen LogP contribution in [0.15, 0.2) is 58.3 Å². The molecule has 176 valence electrons. The fourth-order valence-corrected chi connectivity index (χ4v) is 6.50. The zero-order chi connectivity index (χ0) is 23.4. The number of carbonyl (C=O) groups excluding carboxylic acids is 2. The lowest BCUT2D eigenvalue weighted by Gasteiger charge is -2.34. The number of rotatable bonds is 6. The van der Waals surface area contributed by atoms with Crippen molar-refractivity contribution in [3.8, 4) is 0 Å². The van der Waals surface area contributed by atoms with Crippen LogP contribution in [0.4, 0.5) is 0 Å². The van der Waals surface area contributed by atoms with E-state index >= 15 is 0 Å². The molecule has 4 rings (SSSR count). The first-order chi connectivity index (χ1) is 15.9. The molecular formula is C24H29N3O4S2. The summed E-state index contributed by atoms with van der Waals surface area (Å²) in [7, 11) is -3.58. The Morgan fingerprint density at radius 2 is 1.48 bits per heavy atom. The number of thioether (sulfide) groups is 1. The van der Waals surface area contributed by atoms with Crippen LogP contribution in [0.3, 0.4) is 0 Å². The lowest BCUT2D eigenvalue weighted by molar-refractivity contribution is -0.127. The number of aryl methyl sites for hydroxylation is 1. The molecule has 0 N–H and O–H groups in total. The van der Waals surface area contributed by atoms with E-state index in [-0.39, 0.29) is 29.8 Å². The van der Waals surface area contributed by atoms with E-state index in [4.69, 9.17) is 0 Å². The van der Waals surface area contributed by atoms with E-state index in [1.807, 2.05) is 30.0 Å². The molecule has 9 heteroatoms. The highest BCUT2D eigenvalue weighted by molar-refractivity contribution is 8.00. The van der Waals surface area contributed by atoms with Crippen molar-refractivity contribution in [2.24, 2.45) is 0 Å². The van der Waals surface area contributed by atoms with Crippen LogP contribution in [0.1, 0.15) is 28.8 Å². The first-order valence-corrected chi connectivity index (χ1v) is 13.6. The summed E-state index contributed by atoms with van der Waals surface area (Å²) in [5, 5.41) is 0. The van der Waals surface area contributed by atoms with Gasteiger partial charge in [0.1, 0.15) is 0 Å². The minimum Gasteiger partial charge on any atom is -0.342 e. The number of carbonyl (C=O) groups is 2. The van der Waals surface area contributed by atoms with Gasteiger partial charge in [0.2, 0.25) is 15.9 Å². The van der Waals surface area contributed by atoms with Crippen molar-refractivity contribution in [3.05, 3.63) is 59.7 Å². The Hall–Kier alpha value is -2.36. The van der Waals surface area contributed by atoms with Crippen molar-refractivity contribution >= 4 is 33.6 Å². The smallest absolute Gasteiger partial charge is 0.255 e. The largest absolute Gasteiger partial charge is 0.342 e. The molecule has 2 saturated heterocycles. The maximum atomic E-state index is 13.2. The monoisotopic (exact) mass is 487 g/mol. The summed E-state index contributed by atoms with van der Waals surface area (Å²) < 4.78 is 27.3. The van der Waals surface area contributed by atoms with Crippen LogP contribution in [0, 0.1) is 6.92 Å². The molecule has 2 heterocycles. The van der Waals surface area contributed by atoms with Crippen molar-refractivity contribution < 1.29 is 18.0 Å². The lowest BCUT2D eigenvalue weighted by atomic mass is 10.2. The average molecular weight is 488 g/mol. The molecule has 2 aliphatic heterocycles. The summed E-state index contributed by atoms with van der Waals surface area (Å²) in [6, 6.07) is 14.2. The summed E-state index contributed by atoms with van der Waals surface area (Å²) in [5.41, 5.74) is 1.56. The first kappa shape index (κ1) is 23.8. The fraction of sp³-hybridized carbons (Fsp3) is 0.417. The molecule has 0 radical (unpaired) electrons. The van der Waals surface area contributed by atoms with Crippen molar-refractivity contribution in [1.82, 2.24) is 14.1 Å². The molecule has 2 amide bonds. The van der Waals surface area contributed by atoms with Gasteiger partial charge in [-0.2, -0.15) is 4.31 Å². The molecule has 0 unspecified atom stereocenters. The summed E-state index contributed by atoms with van der Waals surface area (Å²) in [5.74, 6) is 0.293. The third kappa shape index (κ3) is 5.42. The first-order valence-electron chi connectivity index (χ1n) is 11.2. The number of nitrogens with zero attached hydrogens (tertiary/aromatic N) is 3. The Labute approximate surface area is 199 Å². The minimum atomic E-state index is -3.58. The Morgan fingerprint density at radius 1 is 0.848 bits per heavy atom. The van der Waals surface area contributed by atoms with Crippen molar-refractivity contribution in [2.75, 3.05) is 45.0 Å². The zero-order valence-corrected chi connectivity index (χ0v) is 20.4. The fourth-order valence-electron chi connectivity index (χ4n) is 4.13. The van der Waals surface area contributed by atoms with Gasteiger partial charge in [0, 0.05) is 44.2 Å². The SMILES string of the molecule is Cc1ccc(S(=O)(=O)N2CCN(C(=O)c3ccccc3SCC(=O)N3CCCC3)CC2)cc1. The maximum Gasteiger partial charge on any atom is 0.255 e. The number of piperazine rings is 1. The Balaban J connectivity index is 1.38. The second-order valence-corrected chi connectivity index (χ2v) is 11.3. The molecule has 7 nitrogen and oxygen atoms in total. The molecule has 0 spiro atoms. The van der Waals surface area contributed by atoms with Gasteiger partial charge in [0.05, 0.1) is 16.2 Å². The third-order valence-electron chi connectivity index (χ3n) is 6.11. The molecule has 2 aromatic rings. The normalized spacial score (nSPS) is 17.4. The van der Waals surface area contributed by atoms with Gasteiger partial charge >= 0.3 is 0 Å². The standard InChI is InChI=1S/C24H29N3O4S2/c1-19-8-10-20(11-9-19)33(30,31)27-16-14-26(15-17-27)24(29)21-6-2-3-7-22(21)32-18-23(28)25-12-4-5-13-25/h2-3,6-11H,4-5,12-18H2,1H3. The van der Waals surface area contributed by atoms with Crippen molar-refractivity contribution in [2.45, 2.75) is 29.6 Å². The van der Waals surface area contributed by atoms with Gasteiger partial charge in [-0.3, -0.25) is 9.59 Å². The highest BCUT2D eigenvalue weighted by atomic mass is 32.2. The molecule has 33 heavy (non-hydrogen) atoms. The van der Waals surface area contributed by atoms with E-state index in [1.165, 1.54) is 16.1 Å². The van der Waals surface area contributed by atoms with E-state index in [0.29, 0.717) is 24.4 Å². The molecule has 2 aromatic carbocycles. The van der Waals surface area contributed by atoms with E-state index in [2.05, 4.69) is 0 Å². The van der Waals surface area contributed by atoms with Gasteiger partial charge in [0.15, 0.2) is 0 Å². The second-order valence-electron chi connectivity index (χ2n) is 8.38. The van der Waals surface area contributed by atoms with Gasteiger partial charge < -0.3 is 9.80 Å². The zero-order valence-electron chi connectivity index (χ0n) is 18.8. The van der Waals surface area contributed by atoms with E-state index < -0.39 is 10.0 Å². The van der Waals surface area contributed by atoms with Gasteiger partial charge in [-0.25, -0.2) is 8.42 Å². The van der Waals surface area contributed by atoms with Crippen LogP contribution in [-0.4, -0.2) is 79.4 Å². The molecule has 2 fully saturated rings. The van der Waals surface area contributed by atoms with Gasteiger partial charge in [-0.1, -0.05) is 29.8 Å². The van der Waals surface area contributed by atoms with Crippen LogP contribution >= 0.6 is 11.8 Å². The van der Waals surface area contributed by atoms with Gasteiger partial charge in [0.25, 0.3) is 5.91 Å². The van der Waals surface area contributed by atoms with Crippen molar-refractivity contribution in [3.63, 3.8) is 0 Å². The van der Waals surface area contributed by atoms with Crippen LogP contribution in [0.25, 0.3) is 0 Å². The number of benzene rings is 2. The molecule has 0 saturated carbocycles. The quantitative estimate of drug-likeness (QED) is 0.586. The van der Waals surface area contributed by atoms with E-state index in [9.17, 15) is 18.0 Å². The molecular weight excluding hydrogens is 458 g/mol. The Bertz CT molecular complexity index is 1100. The molecule has 0 atom stereocenters. The molecule has 0 aromatic heterocycles. The maximum absolute atomic E-state index is 13.2. The summed E-state index contributed by atoms with van der Waals surface area (Å²) >= 11 is 1.39. The van der Waals surface area contributed by atoms with E-state index in [0.717, 1.165) is 36.4 Å². The Morgan fingerprint density at radius 3 is 2.15 bits per heavy atom. The van der Waals surface area contributed by atoms with E-state index in [1.54, 1.807) is 35.2 Å². The third-order valence-corrected chi connectivity index (χ3v) is 9.08. The number of amides is 2. The number of hydrogen-bond donors (Lipinski definition) is 0. The molecule has 0 aliphatic carbocycles. The van der Waals surface area contributed by atoms with Gasteiger partial charge in [-0.15, -0.1) is 11.8 Å². The lowest BCUT2D eigenvalue weighted by Crippen LogP contribution is -2.50. The highest BCUT2D eigenvalue weighted by Crippen LogP contribution is 2.26. The van der Waals surface area contributed by atoms with Crippen molar-refractivity contribution in [1.29, 1.82) is 0 Å². The molecule has 2 aliphatic rings. The number of sulfonamides is 1. The predicted octanol–water partition coefficient (Wildman–Crippen LogP) is 2.86. The Kier molecular flexibility index (Phi) is 7.41. The summed E-state index contributed by atoms with van der Waals surface area (Å²) in [6.45, 7) is 4.71. The molecule has 0 bridgehead atoms. The van der Waals surface area contributed by atoms with Crippen LogP contribution in [0.5, 0.6) is 0 Å². The average Bonchev–Trinajstić information content (AvgIpc) is 3.38. The van der Waals surface area contributed by atoms with Crippen LogP contribution in [0.2, 0.25) is 0 Å². The van der Waals surface area contributed by atoms with Crippen LogP contribution < -0.4 is 0 Å². The van der Waals surface area contributed by atoms with Crippen LogP contribution in [-0.2, 0) is 14.8 Å².